The Labute approximate surface area is 176 Å². The summed E-state index contributed by atoms with van der Waals surface area (Å²) in [4.78, 5) is 17.0. The highest BCUT2D eigenvalue weighted by atomic mass is 19.1. The van der Waals surface area contributed by atoms with Gasteiger partial charge in [0, 0.05) is 36.6 Å². The number of rotatable bonds is 5. The summed E-state index contributed by atoms with van der Waals surface area (Å²) in [6.07, 6.45) is 2.73. The number of nitrogens with one attached hydrogen (secondary N) is 3. The third-order valence-corrected chi connectivity index (χ3v) is 6.26. The Morgan fingerprint density at radius 2 is 2.13 bits per heavy atom. The molecule has 3 N–H and O–H groups in total. The van der Waals surface area contributed by atoms with E-state index in [0.717, 1.165) is 18.4 Å². The Morgan fingerprint density at radius 1 is 1.32 bits per heavy atom. The number of ether oxygens (including phenoxy) is 1. The lowest BCUT2D eigenvalue weighted by atomic mass is 9.98. The number of halogens is 2. The molecule has 3 aromatic rings. The van der Waals surface area contributed by atoms with Crippen molar-refractivity contribution in [3.63, 3.8) is 0 Å². The molecule has 3 heterocycles. The van der Waals surface area contributed by atoms with Crippen LogP contribution in [0, 0.1) is 5.82 Å². The van der Waals surface area contributed by atoms with E-state index in [2.05, 4.69) is 26.0 Å². The molecule has 0 radical (unpaired) electrons. The van der Waals surface area contributed by atoms with E-state index in [1.165, 1.54) is 16.8 Å². The van der Waals surface area contributed by atoms with Gasteiger partial charge in [0.1, 0.15) is 34.9 Å². The van der Waals surface area contributed by atoms with Crippen molar-refractivity contribution in [2.24, 2.45) is 0 Å². The number of amides is 1. The van der Waals surface area contributed by atoms with Crippen LogP contribution in [0.5, 0.6) is 5.75 Å². The zero-order valence-electron chi connectivity index (χ0n) is 16.7. The summed E-state index contributed by atoms with van der Waals surface area (Å²) in [6, 6.07) is 4.38. The Bertz CT molecular complexity index is 1240. The predicted octanol–water partition coefficient (Wildman–Crippen LogP) is 2.92. The minimum absolute atomic E-state index is 0.00873. The summed E-state index contributed by atoms with van der Waals surface area (Å²) in [5, 5.41) is 12.8. The van der Waals surface area contributed by atoms with E-state index < -0.39 is 23.9 Å². The lowest BCUT2D eigenvalue weighted by Gasteiger charge is -2.12. The van der Waals surface area contributed by atoms with Crippen molar-refractivity contribution in [2.45, 2.75) is 36.9 Å². The van der Waals surface area contributed by atoms with Crippen LogP contribution >= 0.6 is 0 Å². The summed E-state index contributed by atoms with van der Waals surface area (Å²) in [7, 11) is 1.71. The second kappa shape index (κ2) is 6.29. The fourth-order valence-corrected chi connectivity index (χ4v) is 4.10. The Morgan fingerprint density at radius 3 is 2.84 bits per heavy atom. The van der Waals surface area contributed by atoms with Crippen LogP contribution in [0.1, 0.15) is 35.2 Å². The van der Waals surface area contributed by atoms with Gasteiger partial charge >= 0.3 is 0 Å². The molecule has 2 atom stereocenters. The molecule has 2 aromatic heterocycles. The molecule has 160 valence electrons. The van der Waals surface area contributed by atoms with Crippen LogP contribution in [0.25, 0.3) is 5.65 Å². The fourth-order valence-electron chi connectivity index (χ4n) is 4.10. The van der Waals surface area contributed by atoms with Gasteiger partial charge in [-0.05, 0) is 18.9 Å². The highest BCUT2D eigenvalue weighted by Gasteiger charge is 2.51. The molecule has 2 aliphatic carbocycles. The highest BCUT2D eigenvalue weighted by molar-refractivity contribution is 6.00. The molecule has 10 heteroatoms. The van der Waals surface area contributed by atoms with Crippen molar-refractivity contribution >= 4 is 28.9 Å². The summed E-state index contributed by atoms with van der Waals surface area (Å²) in [6.45, 7) is 0.592. The van der Waals surface area contributed by atoms with Gasteiger partial charge in [0.25, 0.3) is 5.91 Å². The van der Waals surface area contributed by atoms with Gasteiger partial charge in [0.15, 0.2) is 5.65 Å². The molecule has 2 fully saturated rings. The Balaban J connectivity index is 1.35. The number of fused-ring (bicyclic) bond motifs is 3. The molecule has 8 nitrogen and oxygen atoms in total. The van der Waals surface area contributed by atoms with Gasteiger partial charge in [-0.2, -0.15) is 9.61 Å². The van der Waals surface area contributed by atoms with E-state index >= 15 is 0 Å². The van der Waals surface area contributed by atoms with Gasteiger partial charge in [-0.3, -0.25) is 4.79 Å². The van der Waals surface area contributed by atoms with Crippen LogP contribution in [0.3, 0.4) is 0 Å². The van der Waals surface area contributed by atoms with E-state index in [4.69, 9.17) is 4.74 Å². The van der Waals surface area contributed by atoms with Crippen LogP contribution < -0.4 is 20.7 Å². The number of alkyl halides is 1. The molecule has 1 aliphatic heterocycles. The van der Waals surface area contributed by atoms with Gasteiger partial charge in [-0.1, -0.05) is 0 Å². The number of hydrogen-bond acceptors (Lipinski definition) is 6. The molecule has 1 amide bonds. The third kappa shape index (κ3) is 2.88. The van der Waals surface area contributed by atoms with Crippen molar-refractivity contribution in [1.82, 2.24) is 19.9 Å². The standard InChI is InChI=1S/C21H20F2N6O2/c1-24-18-7-17(26-15-6-16-11(4-12(15)22)21(2-3-21)9-31-16)28-19-10(8-25-29(18)19)20(30)27-14-5-13(14)23/h4,6-8,13-14,24H,2-3,5,9H2,1H3,(H,26,28)(H,27,30)/t13-,14+/m0/s1. The molecule has 1 spiro atoms. The summed E-state index contributed by atoms with van der Waals surface area (Å²) >= 11 is 0. The molecule has 0 unspecified atom stereocenters. The zero-order chi connectivity index (χ0) is 21.3. The molecule has 0 saturated heterocycles. The summed E-state index contributed by atoms with van der Waals surface area (Å²) in [5.41, 5.74) is 1.64. The number of nitrogens with zero attached hydrogens (tertiary/aromatic N) is 3. The minimum atomic E-state index is -1.01. The summed E-state index contributed by atoms with van der Waals surface area (Å²) in [5.74, 6) is 0.734. The van der Waals surface area contributed by atoms with Crippen molar-refractivity contribution in [3.05, 3.63) is 41.3 Å². The van der Waals surface area contributed by atoms with Crippen molar-refractivity contribution < 1.29 is 18.3 Å². The molecule has 0 bridgehead atoms. The maximum absolute atomic E-state index is 14.9. The molecule has 1 aromatic carbocycles. The summed E-state index contributed by atoms with van der Waals surface area (Å²) < 4.78 is 35.3. The molecular formula is C21H20F2N6O2. The first-order valence-electron chi connectivity index (χ1n) is 10.2. The van der Waals surface area contributed by atoms with Crippen molar-refractivity contribution in [2.75, 3.05) is 24.3 Å². The topological polar surface area (TPSA) is 92.6 Å². The zero-order valence-corrected chi connectivity index (χ0v) is 16.7. The number of anilines is 3. The van der Waals surface area contributed by atoms with E-state index in [-0.39, 0.29) is 22.3 Å². The first kappa shape index (κ1) is 18.3. The van der Waals surface area contributed by atoms with E-state index in [1.807, 2.05) is 0 Å². The van der Waals surface area contributed by atoms with E-state index in [0.29, 0.717) is 30.4 Å². The Hall–Kier alpha value is -3.43. The lowest BCUT2D eigenvalue weighted by molar-refractivity contribution is 0.0949. The van der Waals surface area contributed by atoms with Crippen LogP contribution in [0.4, 0.5) is 26.1 Å². The second-order valence-electron chi connectivity index (χ2n) is 8.42. The molecule has 31 heavy (non-hydrogen) atoms. The quantitative estimate of drug-likeness (QED) is 0.581. The lowest BCUT2D eigenvalue weighted by Crippen LogP contribution is -2.27. The SMILES string of the molecule is CNc1cc(Nc2cc3c(cc2F)C2(CC2)CO3)nc2c(C(=O)N[C@@H]3C[C@@H]3F)cnn12. The Kier molecular flexibility index (Phi) is 3.72. The molecule has 3 aliphatic rings. The number of hydrogen-bond donors (Lipinski definition) is 3. The van der Waals surface area contributed by atoms with Crippen molar-refractivity contribution in [1.29, 1.82) is 0 Å². The molecular weight excluding hydrogens is 406 g/mol. The monoisotopic (exact) mass is 426 g/mol. The fraction of sp³-hybridized carbons (Fsp3) is 0.381. The van der Waals surface area contributed by atoms with Gasteiger partial charge in [0.2, 0.25) is 0 Å². The molecule has 6 rings (SSSR count). The van der Waals surface area contributed by atoms with Gasteiger partial charge in [-0.15, -0.1) is 0 Å². The molecule has 2 saturated carbocycles. The highest BCUT2D eigenvalue weighted by Crippen LogP contribution is 2.56. The normalized spacial score (nSPS) is 22.2. The second-order valence-corrected chi connectivity index (χ2v) is 8.42. The van der Waals surface area contributed by atoms with Gasteiger partial charge < -0.3 is 20.7 Å². The largest absolute Gasteiger partial charge is 0.492 e. The smallest absolute Gasteiger partial charge is 0.257 e. The van der Waals surface area contributed by atoms with Crippen molar-refractivity contribution in [3.8, 4) is 5.75 Å². The van der Waals surface area contributed by atoms with Gasteiger partial charge in [-0.25, -0.2) is 13.8 Å². The van der Waals surface area contributed by atoms with Gasteiger partial charge in [0.05, 0.1) is 24.5 Å². The number of aromatic nitrogens is 3. The first-order valence-corrected chi connectivity index (χ1v) is 10.2. The van der Waals surface area contributed by atoms with E-state index in [9.17, 15) is 13.6 Å². The maximum Gasteiger partial charge on any atom is 0.257 e. The van der Waals surface area contributed by atoms with Crippen LogP contribution in [-0.4, -0.2) is 46.4 Å². The maximum atomic E-state index is 14.9. The number of carbonyl (C=O) groups excluding carboxylic acids is 1. The first-order chi connectivity index (χ1) is 15.0. The number of carbonyl (C=O) groups is 1. The minimum Gasteiger partial charge on any atom is -0.492 e. The van der Waals surface area contributed by atoms with Crippen LogP contribution in [-0.2, 0) is 5.41 Å². The predicted molar refractivity (Wildman–Crippen MR) is 109 cm³/mol. The average Bonchev–Trinajstić information content (AvgIpc) is 3.59. The third-order valence-electron chi connectivity index (χ3n) is 6.26. The number of benzene rings is 1. The van der Waals surface area contributed by atoms with E-state index in [1.54, 1.807) is 19.2 Å². The van der Waals surface area contributed by atoms with Crippen LogP contribution in [0.15, 0.2) is 24.4 Å². The average molecular weight is 426 g/mol. The van der Waals surface area contributed by atoms with Crippen LogP contribution in [0.2, 0.25) is 0 Å².